The molecule has 0 spiro atoms. The summed E-state index contributed by atoms with van der Waals surface area (Å²) in [5.74, 6) is -2.54. The number of carboxylic acid groups (broad SMARTS) is 1. The Hall–Kier alpha value is -2.91. The van der Waals surface area contributed by atoms with Gasteiger partial charge in [0.05, 0.1) is 4.90 Å². The molecule has 202 valence electrons. The molecule has 2 amide bonds. The normalized spacial score (nSPS) is 15.6. The van der Waals surface area contributed by atoms with Gasteiger partial charge in [-0.2, -0.15) is 4.72 Å². The minimum atomic E-state index is -4.96. The molecule has 5 N–H and O–H groups in total. The van der Waals surface area contributed by atoms with Crippen molar-refractivity contribution in [2.75, 3.05) is 26.2 Å². The van der Waals surface area contributed by atoms with E-state index in [1.54, 1.807) is 0 Å². The van der Waals surface area contributed by atoms with Crippen LogP contribution in [0.15, 0.2) is 29.2 Å². The minimum Gasteiger partial charge on any atom is -0.480 e. The van der Waals surface area contributed by atoms with Crippen molar-refractivity contribution in [3.63, 3.8) is 0 Å². The van der Waals surface area contributed by atoms with E-state index < -0.39 is 51.5 Å². The molecule has 1 heterocycles. The third-order valence-corrected chi connectivity index (χ3v) is 6.87. The molecule has 1 atom stereocenters. The summed E-state index contributed by atoms with van der Waals surface area (Å²) in [5.41, 5.74) is 0. The molecule has 0 radical (unpaired) electrons. The second-order valence-corrected chi connectivity index (χ2v) is 9.88. The van der Waals surface area contributed by atoms with E-state index in [9.17, 15) is 41.1 Å². The van der Waals surface area contributed by atoms with Crippen LogP contribution in [-0.4, -0.2) is 69.9 Å². The second-order valence-electron chi connectivity index (χ2n) is 8.17. The minimum absolute atomic E-state index is 0.0344. The van der Waals surface area contributed by atoms with E-state index in [1.807, 2.05) is 4.72 Å². The summed E-state index contributed by atoms with van der Waals surface area (Å²) < 4.78 is 67.1. The fraction of sp³-hybridized carbons (Fsp3) is 0.571. The highest BCUT2D eigenvalue weighted by atomic mass is 32.2. The number of carboxylic acids is 1. The molecule has 1 fully saturated rings. The highest BCUT2D eigenvalue weighted by Crippen LogP contribution is 2.24. The first-order valence-corrected chi connectivity index (χ1v) is 12.7. The number of piperidine rings is 1. The van der Waals surface area contributed by atoms with Gasteiger partial charge >= 0.3 is 12.3 Å². The zero-order chi connectivity index (χ0) is 26.8. The van der Waals surface area contributed by atoms with Gasteiger partial charge in [0.2, 0.25) is 21.8 Å². The maximum absolute atomic E-state index is 12.4. The van der Waals surface area contributed by atoms with Crippen LogP contribution < -0.4 is 25.4 Å². The molecule has 1 aliphatic rings. The Kier molecular flexibility index (Phi) is 10.9. The molecular formula is C21H29F3N4O7S. The Morgan fingerprint density at radius 1 is 1.06 bits per heavy atom. The number of ether oxygens (including phenoxy) is 1. The first-order valence-electron chi connectivity index (χ1n) is 11.2. The maximum Gasteiger partial charge on any atom is 0.573 e. The maximum atomic E-state index is 12.4. The van der Waals surface area contributed by atoms with Crippen LogP contribution in [0.1, 0.15) is 32.1 Å². The quantitative estimate of drug-likeness (QED) is 0.245. The van der Waals surface area contributed by atoms with Gasteiger partial charge in [-0.15, -0.1) is 13.2 Å². The fourth-order valence-corrected chi connectivity index (χ4v) is 4.66. The molecule has 15 heteroatoms. The van der Waals surface area contributed by atoms with E-state index >= 15 is 0 Å². The number of rotatable bonds is 13. The number of nitrogens with one attached hydrogen (secondary N) is 4. The summed E-state index contributed by atoms with van der Waals surface area (Å²) >= 11 is 0. The number of alkyl halides is 3. The zero-order valence-electron chi connectivity index (χ0n) is 19.3. The number of benzene rings is 1. The van der Waals surface area contributed by atoms with Gasteiger partial charge in [-0.25, -0.2) is 8.42 Å². The number of halogens is 3. The van der Waals surface area contributed by atoms with Crippen LogP contribution >= 0.6 is 0 Å². The van der Waals surface area contributed by atoms with Gasteiger partial charge in [0.15, 0.2) is 0 Å². The molecule has 11 nitrogen and oxygen atoms in total. The van der Waals surface area contributed by atoms with Crippen LogP contribution in [0.2, 0.25) is 0 Å². The van der Waals surface area contributed by atoms with Crippen molar-refractivity contribution >= 4 is 27.8 Å². The van der Waals surface area contributed by atoms with Gasteiger partial charge < -0.3 is 25.8 Å². The van der Waals surface area contributed by atoms with Gasteiger partial charge in [0.1, 0.15) is 11.8 Å². The smallest absolute Gasteiger partial charge is 0.480 e. The van der Waals surface area contributed by atoms with Crippen molar-refractivity contribution in [1.29, 1.82) is 0 Å². The second kappa shape index (κ2) is 13.4. The predicted molar refractivity (Wildman–Crippen MR) is 120 cm³/mol. The average Bonchev–Trinajstić information content (AvgIpc) is 2.80. The molecule has 2 rings (SSSR count). The van der Waals surface area contributed by atoms with Crippen LogP contribution in [0.3, 0.4) is 0 Å². The summed E-state index contributed by atoms with van der Waals surface area (Å²) in [6, 6.07) is 1.41. The van der Waals surface area contributed by atoms with Crippen LogP contribution in [0, 0.1) is 5.92 Å². The highest BCUT2D eigenvalue weighted by molar-refractivity contribution is 7.89. The topological polar surface area (TPSA) is 163 Å². The fourth-order valence-electron chi connectivity index (χ4n) is 3.47. The number of carbonyl (C=O) groups excluding carboxylic acids is 2. The lowest BCUT2D eigenvalue weighted by molar-refractivity contribution is -0.274. The lowest BCUT2D eigenvalue weighted by atomic mass is 9.93. The predicted octanol–water partition coefficient (Wildman–Crippen LogP) is 0.719. The summed E-state index contributed by atoms with van der Waals surface area (Å²) in [4.78, 5) is 34.9. The van der Waals surface area contributed by atoms with Gasteiger partial charge in [0, 0.05) is 25.9 Å². The van der Waals surface area contributed by atoms with E-state index in [4.69, 9.17) is 0 Å². The molecule has 1 aromatic carbocycles. The first kappa shape index (κ1) is 29.3. The number of hydrogen-bond acceptors (Lipinski definition) is 7. The van der Waals surface area contributed by atoms with Crippen molar-refractivity contribution in [3.05, 3.63) is 24.3 Å². The van der Waals surface area contributed by atoms with Crippen molar-refractivity contribution in [3.8, 4) is 5.75 Å². The molecule has 0 saturated carbocycles. The van der Waals surface area contributed by atoms with E-state index in [1.165, 1.54) is 0 Å². The summed E-state index contributed by atoms with van der Waals surface area (Å²) in [6.07, 6.45) is -1.96. The molecule has 1 saturated heterocycles. The Labute approximate surface area is 206 Å². The number of aliphatic carboxylic acids is 1. The van der Waals surface area contributed by atoms with Gasteiger partial charge in [0.25, 0.3) is 0 Å². The summed E-state index contributed by atoms with van der Waals surface area (Å²) in [7, 11) is -4.44. The zero-order valence-corrected chi connectivity index (χ0v) is 20.1. The number of hydrogen-bond donors (Lipinski definition) is 5. The summed E-state index contributed by atoms with van der Waals surface area (Å²) in [5, 5.41) is 17.4. The molecule has 0 bridgehead atoms. The van der Waals surface area contributed by atoms with Gasteiger partial charge in [-0.05, 0) is 62.5 Å². The van der Waals surface area contributed by atoms with Crippen LogP contribution in [-0.2, 0) is 24.4 Å². The van der Waals surface area contributed by atoms with Crippen molar-refractivity contribution in [2.24, 2.45) is 5.92 Å². The first-order chi connectivity index (χ1) is 16.9. The lowest BCUT2D eigenvalue weighted by Gasteiger charge is -2.22. The van der Waals surface area contributed by atoms with Gasteiger partial charge in [-0.3, -0.25) is 14.4 Å². The Balaban J connectivity index is 1.77. The van der Waals surface area contributed by atoms with Crippen LogP contribution in [0.25, 0.3) is 0 Å². The van der Waals surface area contributed by atoms with Crippen molar-refractivity contribution in [1.82, 2.24) is 20.7 Å². The van der Waals surface area contributed by atoms with Crippen molar-refractivity contribution in [2.45, 2.75) is 49.4 Å². The van der Waals surface area contributed by atoms with E-state index in [0.29, 0.717) is 12.3 Å². The average molecular weight is 539 g/mol. The van der Waals surface area contributed by atoms with E-state index in [0.717, 1.165) is 56.6 Å². The molecule has 1 aliphatic heterocycles. The van der Waals surface area contributed by atoms with E-state index in [2.05, 4.69) is 20.7 Å². The number of sulfonamides is 1. The third-order valence-electron chi connectivity index (χ3n) is 5.38. The third kappa shape index (κ3) is 10.8. The Bertz CT molecular complexity index is 998. The van der Waals surface area contributed by atoms with Crippen molar-refractivity contribution < 1.29 is 45.8 Å². The van der Waals surface area contributed by atoms with Crippen LogP contribution in [0.5, 0.6) is 5.75 Å². The Morgan fingerprint density at radius 2 is 1.67 bits per heavy atom. The molecule has 1 aromatic rings. The SMILES string of the molecule is O=C(CCC1CCNCC1)NCCC(=O)NC[C@H](NS(=O)(=O)c1ccc(OC(F)(F)F)cc1)C(=O)O. The van der Waals surface area contributed by atoms with Gasteiger partial charge in [-0.1, -0.05) is 0 Å². The van der Waals surface area contributed by atoms with E-state index in [-0.39, 0.29) is 18.9 Å². The largest absolute Gasteiger partial charge is 0.573 e. The summed E-state index contributed by atoms with van der Waals surface area (Å²) in [6.45, 7) is 1.31. The number of amides is 2. The monoisotopic (exact) mass is 538 g/mol. The number of carbonyl (C=O) groups is 3. The Morgan fingerprint density at radius 3 is 2.25 bits per heavy atom. The molecule has 0 unspecified atom stereocenters. The molecule has 0 aromatic heterocycles. The standard InChI is InChI=1S/C21H29F3N4O7S/c22-21(23,24)35-15-2-4-16(5-3-15)36(33,34)28-17(20(31)32)13-27-19(30)9-12-26-18(29)6-1-14-7-10-25-11-8-14/h2-5,14,17,25,28H,1,6-13H2,(H,26,29)(H,27,30)(H,31,32)/t17-/m0/s1. The lowest BCUT2D eigenvalue weighted by Crippen LogP contribution is -2.48. The molecule has 0 aliphatic carbocycles. The van der Waals surface area contributed by atoms with Crippen LogP contribution in [0.4, 0.5) is 13.2 Å². The highest BCUT2D eigenvalue weighted by Gasteiger charge is 2.31. The molecular weight excluding hydrogens is 509 g/mol. The molecule has 36 heavy (non-hydrogen) atoms.